The number of nitrogen functional groups attached to an aromatic ring is 1. The van der Waals surface area contributed by atoms with Gasteiger partial charge in [0.2, 0.25) is 0 Å². The molecule has 0 amide bonds. The van der Waals surface area contributed by atoms with E-state index < -0.39 is 0 Å². The van der Waals surface area contributed by atoms with E-state index in [1.54, 1.807) is 17.5 Å². The standard InChI is InChI=1S/C14H9N3S/c15-7-11-9(5-6-17-14(11)16)12-8-18-13-4-2-1-3-10(12)13/h1-6,8H,(H2,16,17). The summed E-state index contributed by atoms with van der Waals surface area (Å²) >= 11 is 1.66. The van der Waals surface area contributed by atoms with Gasteiger partial charge in [0.05, 0.1) is 0 Å². The summed E-state index contributed by atoms with van der Waals surface area (Å²) in [6, 6.07) is 12.1. The monoisotopic (exact) mass is 251 g/mol. The Morgan fingerprint density at radius 3 is 2.83 bits per heavy atom. The number of nitrogens with zero attached hydrogens (tertiary/aromatic N) is 2. The molecule has 1 aromatic carbocycles. The van der Waals surface area contributed by atoms with Gasteiger partial charge in [0.15, 0.2) is 0 Å². The van der Waals surface area contributed by atoms with Gasteiger partial charge >= 0.3 is 0 Å². The Morgan fingerprint density at radius 1 is 1.17 bits per heavy atom. The van der Waals surface area contributed by atoms with Crippen molar-refractivity contribution >= 4 is 27.2 Å². The van der Waals surface area contributed by atoms with Crippen molar-refractivity contribution < 1.29 is 0 Å². The van der Waals surface area contributed by atoms with E-state index in [0.717, 1.165) is 16.5 Å². The van der Waals surface area contributed by atoms with E-state index >= 15 is 0 Å². The van der Waals surface area contributed by atoms with Crippen molar-refractivity contribution in [2.24, 2.45) is 0 Å². The van der Waals surface area contributed by atoms with Crippen LogP contribution < -0.4 is 5.73 Å². The van der Waals surface area contributed by atoms with E-state index in [0.29, 0.717) is 5.56 Å². The first-order chi connectivity index (χ1) is 8.81. The Balaban J connectivity index is 2.34. The van der Waals surface area contributed by atoms with Crippen LogP contribution in [0.3, 0.4) is 0 Å². The van der Waals surface area contributed by atoms with Crippen LogP contribution in [-0.4, -0.2) is 4.98 Å². The van der Waals surface area contributed by atoms with Gasteiger partial charge in [-0.15, -0.1) is 11.3 Å². The predicted octanol–water partition coefficient (Wildman–Crippen LogP) is 3.42. The average Bonchev–Trinajstić information content (AvgIpc) is 2.82. The fraction of sp³-hybridized carbons (Fsp3) is 0. The summed E-state index contributed by atoms with van der Waals surface area (Å²) in [5.74, 6) is 0.283. The molecular formula is C14H9N3S. The highest BCUT2D eigenvalue weighted by Crippen LogP contribution is 2.36. The number of fused-ring (bicyclic) bond motifs is 1. The third-order valence-corrected chi connectivity index (χ3v) is 3.83. The topological polar surface area (TPSA) is 62.7 Å². The molecule has 0 radical (unpaired) electrons. The molecule has 2 aromatic heterocycles. The van der Waals surface area contributed by atoms with Crippen molar-refractivity contribution in [2.45, 2.75) is 0 Å². The first-order valence-corrected chi connectivity index (χ1v) is 6.30. The van der Waals surface area contributed by atoms with E-state index in [2.05, 4.69) is 28.6 Å². The molecule has 0 saturated carbocycles. The fourth-order valence-corrected chi connectivity index (χ4v) is 2.97. The molecule has 0 atom stereocenters. The molecule has 3 nitrogen and oxygen atoms in total. The van der Waals surface area contributed by atoms with Crippen molar-refractivity contribution in [1.29, 1.82) is 5.26 Å². The maximum Gasteiger partial charge on any atom is 0.141 e. The number of pyridine rings is 1. The van der Waals surface area contributed by atoms with E-state index in [1.165, 1.54) is 4.70 Å². The predicted molar refractivity (Wildman–Crippen MR) is 74.2 cm³/mol. The molecule has 18 heavy (non-hydrogen) atoms. The van der Waals surface area contributed by atoms with Crippen LogP contribution in [0.15, 0.2) is 41.9 Å². The molecule has 0 aliphatic rings. The van der Waals surface area contributed by atoms with Gasteiger partial charge in [-0.25, -0.2) is 4.98 Å². The average molecular weight is 251 g/mol. The smallest absolute Gasteiger partial charge is 0.141 e. The van der Waals surface area contributed by atoms with E-state index in [1.807, 2.05) is 18.2 Å². The summed E-state index contributed by atoms with van der Waals surface area (Å²) < 4.78 is 1.20. The lowest BCUT2D eigenvalue weighted by Gasteiger charge is -2.04. The SMILES string of the molecule is N#Cc1c(-c2csc3ccccc23)ccnc1N. The maximum absolute atomic E-state index is 9.20. The second-order valence-electron chi connectivity index (χ2n) is 3.88. The molecule has 0 bridgehead atoms. The first-order valence-electron chi connectivity index (χ1n) is 5.42. The molecule has 0 aliphatic carbocycles. The number of hydrogen-bond acceptors (Lipinski definition) is 4. The Kier molecular flexibility index (Phi) is 2.47. The van der Waals surface area contributed by atoms with E-state index in [4.69, 9.17) is 5.73 Å². The molecule has 0 aliphatic heterocycles. The lowest BCUT2D eigenvalue weighted by atomic mass is 10.0. The Morgan fingerprint density at radius 2 is 2.00 bits per heavy atom. The zero-order valence-corrected chi connectivity index (χ0v) is 10.2. The van der Waals surface area contributed by atoms with Crippen LogP contribution in [0.25, 0.3) is 21.2 Å². The van der Waals surface area contributed by atoms with Crippen LogP contribution in [0.5, 0.6) is 0 Å². The van der Waals surface area contributed by atoms with Gasteiger partial charge < -0.3 is 5.73 Å². The Hall–Kier alpha value is -2.38. The second kappa shape index (κ2) is 4.13. The Labute approximate surface area is 108 Å². The van der Waals surface area contributed by atoms with Crippen molar-refractivity contribution in [1.82, 2.24) is 4.98 Å². The van der Waals surface area contributed by atoms with Gasteiger partial charge in [-0.3, -0.25) is 0 Å². The number of nitriles is 1. The largest absolute Gasteiger partial charge is 0.383 e. The number of hydrogen-bond donors (Lipinski definition) is 1. The van der Waals surface area contributed by atoms with Crippen molar-refractivity contribution in [3.8, 4) is 17.2 Å². The van der Waals surface area contributed by atoms with Crippen LogP contribution in [0, 0.1) is 11.3 Å². The number of thiophene rings is 1. The van der Waals surface area contributed by atoms with Gasteiger partial charge in [0, 0.05) is 27.4 Å². The third-order valence-electron chi connectivity index (χ3n) is 2.86. The lowest BCUT2D eigenvalue weighted by Crippen LogP contribution is -1.96. The van der Waals surface area contributed by atoms with Gasteiger partial charge in [0.1, 0.15) is 17.5 Å². The number of rotatable bonds is 1. The Bertz CT molecular complexity index is 768. The molecular weight excluding hydrogens is 242 g/mol. The highest BCUT2D eigenvalue weighted by Gasteiger charge is 2.12. The van der Waals surface area contributed by atoms with Crippen LogP contribution in [0.2, 0.25) is 0 Å². The first kappa shape index (κ1) is 10.8. The summed E-state index contributed by atoms with van der Waals surface area (Å²) in [5, 5.41) is 12.4. The molecule has 4 heteroatoms. The fourth-order valence-electron chi connectivity index (χ4n) is 2.01. The van der Waals surface area contributed by atoms with Crippen LogP contribution >= 0.6 is 11.3 Å². The summed E-state index contributed by atoms with van der Waals surface area (Å²) in [4.78, 5) is 3.96. The van der Waals surface area contributed by atoms with Crippen LogP contribution in [-0.2, 0) is 0 Å². The van der Waals surface area contributed by atoms with Crippen molar-refractivity contribution in [3.63, 3.8) is 0 Å². The summed E-state index contributed by atoms with van der Waals surface area (Å²) in [7, 11) is 0. The molecule has 0 unspecified atom stereocenters. The third kappa shape index (κ3) is 1.53. The highest BCUT2D eigenvalue weighted by molar-refractivity contribution is 7.17. The molecule has 2 heterocycles. The summed E-state index contributed by atoms with van der Waals surface area (Å²) in [6.45, 7) is 0. The lowest BCUT2D eigenvalue weighted by molar-refractivity contribution is 1.31. The highest BCUT2D eigenvalue weighted by atomic mass is 32.1. The van der Waals surface area contributed by atoms with Gasteiger partial charge in [-0.1, -0.05) is 18.2 Å². The molecule has 0 fully saturated rings. The van der Waals surface area contributed by atoms with E-state index in [-0.39, 0.29) is 5.82 Å². The van der Waals surface area contributed by atoms with E-state index in [9.17, 15) is 5.26 Å². The minimum absolute atomic E-state index is 0.283. The quantitative estimate of drug-likeness (QED) is 0.720. The number of anilines is 1. The number of aromatic nitrogens is 1. The minimum atomic E-state index is 0.283. The van der Waals surface area contributed by atoms with Gasteiger partial charge in [0.25, 0.3) is 0 Å². The second-order valence-corrected chi connectivity index (χ2v) is 4.79. The molecule has 0 saturated heterocycles. The minimum Gasteiger partial charge on any atom is -0.383 e. The molecule has 0 spiro atoms. The number of nitrogens with two attached hydrogens (primary N) is 1. The normalized spacial score (nSPS) is 10.4. The molecule has 3 aromatic rings. The summed E-state index contributed by atoms with van der Waals surface area (Å²) in [6.07, 6.45) is 1.64. The maximum atomic E-state index is 9.20. The van der Waals surface area contributed by atoms with Gasteiger partial charge in [-0.2, -0.15) is 5.26 Å². The van der Waals surface area contributed by atoms with Crippen LogP contribution in [0.4, 0.5) is 5.82 Å². The zero-order chi connectivity index (χ0) is 12.5. The van der Waals surface area contributed by atoms with Crippen molar-refractivity contribution in [2.75, 3.05) is 5.73 Å². The zero-order valence-electron chi connectivity index (χ0n) is 9.42. The van der Waals surface area contributed by atoms with Gasteiger partial charge in [-0.05, 0) is 17.5 Å². The molecule has 2 N–H and O–H groups in total. The van der Waals surface area contributed by atoms with Crippen LogP contribution in [0.1, 0.15) is 5.56 Å². The molecule has 3 rings (SSSR count). The van der Waals surface area contributed by atoms with Crippen molar-refractivity contribution in [3.05, 3.63) is 47.5 Å². The molecule has 86 valence electrons. The summed E-state index contributed by atoms with van der Waals surface area (Å²) in [5.41, 5.74) is 8.09. The number of benzene rings is 1.